The first kappa shape index (κ1) is 11.0. The third-order valence-corrected chi connectivity index (χ3v) is 2.95. The molecule has 4 heteroatoms. The predicted molar refractivity (Wildman–Crippen MR) is 61.0 cm³/mol. The molecule has 1 N–H and O–H groups in total. The third-order valence-electron chi connectivity index (χ3n) is 2.95. The Hall–Kier alpha value is -1.55. The molecule has 1 aliphatic rings. The molecule has 1 atom stereocenters. The van der Waals surface area contributed by atoms with E-state index in [9.17, 15) is 4.79 Å². The maximum absolute atomic E-state index is 11.1. The van der Waals surface area contributed by atoms with Gasteiger partial charge < -0.3 is 14.7 Å². The second-order valence-electron chi connectivity index (χ2n) is 3.91. The van der Waals surface area contributed by atoms with Crippen LogP contribution < -0.4 is 4.90 Å². The van der Waals surface area contributed by atoms with E-state index in [1.54, 1.807) is 19.2 Å². The highest BCUT2D eigenvalue weighted by Crippen LogP contribution is 2.25. The number of carboxylic acid groups (broad SMARTS) is 1. The van der Waals surface area contributed by atoms with Crippen molar-refractivity contribution in [3.05, 3.63) is 29.8 Å². The lowest BCUT2D eigenvalue weighted by atomic mass is 10.1. The first-order valence-corrected chi connectivity index (χ1v) is 5.32. The van der Waals surface area contributed by atoms with E-state index in [4.69, 9.17) is 9.84 Å². The van der Waals surface area contributed by atoms with Crippen LogP contribution in [-0.2, 0) is 4.74 Å². The van der Waals surface area contributed by atoms with Gasteiger partial charge in [-0.15, -0.1) is 0 Å². The van der Waals surface area contributed by atoms with Crippen LogP contribution in [0.2, 0.25) is 0 Å². The summed E-state index contributed by atoms with van der Waals surface area (Å²) < 4.78 is 5.27. The molecule has 1 aromatic carbocycles. The predicted octanol–water partition coefficient (Wildman–Crippen LogP) is 1.61. The number of methoxy groups -OCH3 is 1. The standard InChI is InChI=1S/C12H15NO3/c1-16-9-6-7-13(8-9)11-5-3-2-4-10(11)12(14)15/h2-5,9H,6-8H2,1H3,(H,14,15). The number of carboxylic acids is 1. The molecule has 0 amide bonds. The van der Waals surface area contributed by atoms with Gasteiger partial charge in [-0.05, 0) is 18.6 Å². The molecule has 0 radical (unpaired) electrons. The van der Waals surface area contributed by atoms with E-state index in [-0.39, 0.29) is 6.10 Å². The highest BCUT2D eigenvalue weighted by molar-refractivity contribution is 5.94. The lowest BCUT2D eigenvalue weighted by molar-refractivity contribution is 0.0697. The molecule has 1 saturated heterocycles. The molecule has 1 aliphatic heterocycles. The largest absolute Gasteiger partial charge is 0.478 e. The molecule has 0 saturated carbocycles. The maximum Gasteiger partial charge on any atom is 0.337 e. The number of anilines is 1. The van der Waals surface area contributed by atoms with E-state index in [0.29, 0.717) is 5.56 Å². The number of aromatic carboxylic acids is 1. The van der Waals surface area contributed by atoms with E-state index in [1.807, 2.05) is 12.1 Å². The molecule has 4 nitrogen and oxygen atoms in total. The summed E-state index contributed by atoms with van der Waals surface area (Å²) in [5.41, 5.74) is 1.15. The second-order valence-corrected chi connectivity index (χ2v) is 3.91. The molecular formula is C12H15NO3. The minimum absolute atomic E-state index is 0.210. The lowest BCUT2D eigenvalue weighted by Gasteiger charge is -2.20. The number of benzene rings is 1. The van der Waals surface area contributed by atoms with Gasteiger partial charge in [0, 0.05) is 20.2 Å². The van der Waals surface area contributed by atoms with Gasteiger partial charge in [-0.3, -0.25) is 0 Å². The van der Waals surface area contributed by atoms with E-state index in [0.717, 1.165) is 25.2 Å². The minimum atomic E-state index is -0.878. The molecule has 0 aromatic heterocycles. The zero-order valence-corrected chi connectivity index (χ0v) is 9.22. The van der Waals surface area contributed by atoms with Gasteiger partial charge in [0.05, 0.1) is 17.4 Å². The van der Waals surface area contributed by atoms with Crippen molar-refractivity contribution >= 4 is 11.7 Å². The molecule has 2 rings (SSSR count). The Bertz CT molecular complexity index is 392. The van der Waals surface area contributed by atoms with Crippen LogP contribution in [0.3, 0.4) is 0 Å². The zero-order chi connectivity index (χ0) is 11.5. The van der Waals surface area contributed by atoms with Gasteiger partial charge in [0.15, 0.2) is 0 Å². The van der Waals surface area contributed by atoms with Crippen LogP contribution in [0.5, 0.6) is 0 Å². The average molecular weight is 221 g/mol. The molecule has 86 valence electrons. The van der Waals surface area contributed by atoms with Gasteiger partial charge >= 0.3 is 5.97 Å². The molecule has 1 fully saturated rings. The van der Waals surface area contributed by atoms with E-state index in [1.165, 1.54) is 0 Å². The Morgan fingerprint density at radius 1 is 1.50 bits per heavy atom. The Balaban J connectivity index is 2.24. The van der Waals surface area contributed by atoms with Crippen LogP contribution in [0.1, 0.15) is 16.8 Å². The monoisotopic (exact) mass is 221 g/mol. The summed E-state index contributed by atoms with van der Waals surface area (Å²) in [6, 6.07) is 7.10. The van der Waals surface area contributed by atoms with E-state index in [2.05, 4.69) is 4.90 Å². The summed E-state index contributed by atoms with van der Waals surface area (Å²) in [7, 11) is 1.69. The van der Waals surface area contributed by atoms with Crippen molar-refractivity contribution in [2.24, 2.45) is 0 Å². The highest BCUT2D eigenvalue weighted by atomic mass is 16.5. The summed E-state index contributed by atoms with van der Waals surface area (Å²) in [4.78, 5) is 13.1. The normalized spacial score (nSPS) is 20.1. The summed E-state index contributed by atoms with van der Waals surface area (Å²) >= 11 is 0. The molecule has 1 aromatic rings. The Morgan fingerprint density at radius 2 is 2.25 bits per heavy atom. The Morgan fingerprint density at radius 3 is 2.88 bits per heavy atom. The van der Waals surface area contributed by atoms with Crippen molar-refractivity contribution in [2.45, 2.75) is 12.5 Å². The fourth-order valence-electron chi connectivity index (χ4n) is 2.07. The van der Waals surface area contributed by atoms with E-state index < -0.39 is 5.97 Å². The van der Waals surface area contributed by atoms with Crippen molar-refractivity contribution in [2.75, 3.05) is 25.1 Å². The molecule has 1 unspecified atom stereocenters. The minimum Gasteiger partial charge on any atom is -0.478 e. The molecular weight excluding hydrogens is 206 g/mol. The molecule has 1 heterocycles. The van der Waals surface area contributed by atoms with Crippen LogP contribution in [0.4, 0.5) is 5.69 Å². The van der Waals surface area contributed by atoms with Crippen LogP contribution in [-0.4, -0.2) is 37.4 Å². The zero-order valence-electron chi connectivity index (χ0n) is 9.22. The smallest absolute Gasteiger partial charge is 0.337 e. The third kappa shape index (κ3) is 2.02. The molecule has 0 spiro atoms. The van der Waals surface area contributed by atoms with Gasteiger partial charge in [0.1, 0.15) is 0 Å². The van der Waals surface area contributed by atoms with Gasteiger partial charge in [-0.25, -0.2) is 4.79 Å². The number of carbonyl (C=O) groups is 1. The average Bonchev–Trinajstić information content (AvgIpc) is 2.77. The van der Waals surface area contributed by atoms with Gasteiger partial charge in [-0.2, -0.15) is 0 Å². The van der Waals surface area contributed by atoms with Crippen molar-refractivity contribution in [3.63, 3.8) is 0 Å². The summed E-state index contributed by atoms with van der Waals surface area (Å²) in [5, 5.41) is 9.09. The maximum atomic E-state index is 11.1. The van der Waals surface area contributed by atoms with Gasteiger partial charge in [0.25, 0.3) is 0 Å². The number of hydrogen-bond acceptors (Lipinski definition) is 3. The summed E-state index contributed by atoms with van der Waals surface area (Å²) in [6.07, 6.45) is 1.16. The number of rotatable bonds is 3. The van der Waals surface area contributed by atoms with Crippen LogP contribution in [0.15, 0.2) is 24.3 Å². The van der Waals surface area contributed by atoms with Crippen molar-refractivity contribution in [1.29, 1.82) is 0 Å². The molecule has 0 bridgehead atoms. The van der Waals surface area contributed by atoms with Gasteiger partial charge in [0.2, 0.25) is 0 Å². The first-order chi connectivity index (χ1) is 7.72. The molecule has 16 heavy (non-hydrogen) atoms. The fraction of sp³-hybridized carbons (Fsp3) is 0.417. The number of para-hydroxylation sites is 1. The Labute approximate surface area is 94.4 Å². The fourth-order valence-corrected chi connectivity index (χ4v) is 2.07. The lowest BCUT2D eigenvalue weighted by Crippen LogP contribution is -2.24. The van der Waals surface area contributed by atoms with E-state index >= 15 is 0 Å². The van der Waals surface area contributed by atoms with Crippen molar-refractivity contribution < 1.29 is 14.6 Å². The Kier molecular flexibility index (Phi) is 3.10. The number of nitrogens with zero attached hydrogens (tertiary/aromatic N) is 1. The highest BCUT2D eigenvalue weighted by Gasteiger charge is 2.24. The summed E-state index contributed by atoms with van der Waals surface area (Å²) in [5.74, 6) is -0.878. The van der Waals surface area contributed by atoms with Crippen LogP contribution in [0.25, 0.3) is 0 Å². The summed E-state index contributed by atoms with van der Waals surface area (Å²) in [6.45, 7) is 1.61. The van der Waals surface area contributed by atoms with Crippen LogP contribution >= 0.6 is 0 Å². The second kappa shape index (κ2) is 4.53. The topological polar surface area (TPSA) is 49.8 Å². The number of ether oxygens (including phenoxy) is 1. The SMILES string of the molecule is COC1CCN(c2ccccc2C(=O)O)C1. The van der Waals surface area contributed by atoms with Crippen molar-refractivity contribution in [3.8, 4) is 0 Å². The first-order valence-electron chi connectivity index (χ1n) is 5.32. The quantitative estimate of drug-likeness (QED) is 0.842. The van der Waals surface area contributed by atoms with Crippen LogP contribution in [0, 0.1) is 0 Å². The molecule has 0 aliphatic carbocycles. The van der Waals surface area contributed by atoms with Crippen molar-refractivity contribution in [1.82, 2.24) is 0 Å². The number of hydrogen-bond donors (Lipinski definition) is 1. The van der Waals surface area contributed by atoms with Gasteiger partial charge in [-0.1, -0.05) is 12.1 Å².